The highest BCUT2D eigenvalue weighted by molar-refractivity contribution is 7.99. The summed E-state index contributed by atoms with van der Waals surface area (Å²) >= 11 is 1.35. The van der Waals surface area contributed by atoms with Gasteiger partial charge in [0.2, 0.25) is 0 Å². The van der Waals surface area contributed by atoms with Gasteiger partial charge < -0.3 is 15.6 Å². The molecule has 1 aromatic heterocycles. The molecule has 1 heterocycles. The van der Waals surface area contributed by atoms with E-state index in [2.05, 4.69) is 4.98 Å². The molecule has 3 N–H and O–H groups in total. The normalized spacial score (nSPS) is 12.3. The fourth-order valence-corrected chi connectivity index (χ4v) is 2.71. The van der Waals surface area contributed by atoms with E-state index < -0.39 is 12.0 Å². The molecule has 0 saturated heterocycles. The average molecular weight is 292 g/mol. The largest absolute Gasteiger partial charge is 0.497 e. The first-order valence-corrected chi connectivity index (χ1v) is 7.06. The van der Waals surface area contributed by atoms with Crippen molar-refractivity contribution >= 4 is 28.6 Å². The Hall–Kier alpha value is -1.79. The lowest BCUT2D eigenvalue weighted by Crippen LogP contribution is -2.32. The van der Waals surface area contributed by atoms with Crippen molar-refractivity contribution in [2.45, 2.75) is 18.0 Å². The smallest absolute Gasteiger partial charge is 0.321 e. The Morgan fingerprint density at radius 1 is 1.50 bits per heavy atom. The van der Waals surface area contributed by atoms with E-state index in [1.807, 2.05) is 31.2 Å². The van der Waals surface area contributed by atoms with Crippen LogP contribution in [0.15, 0.2) is 29.3 Å². The number of rotatable bonds is 5. The summed E-state index contributed by atoms with van der Waals surface area (Å²) in [4.78, 5) is 15.2. The van der Waals surface area contributed by atoms with Gasteiger partial charge in [-0.3, -0.25) is 4.79 Å². The lowest BCUT2D eigenvalue weighted by atomic mass is 10.1. The van der Waals surface area contributed by atoms with Crippen molar-refractivity contribution in [3.8, 4) is 5.75 Å². The van der Waals surface area contributed by atoms with Crippen LogP contribution in [0, 0.1) is 6.92 Å². The number of carboxylic acid groups (broad SMARTS) is 1. The van der Waals surface area contributed by atoms with E-state index >= 15 is 0 Å². The van der Waals surface area contributed by atoms with Gasteiger partial charge >= 0.3 is 5.97 Å². The van der Waals surface area contributed by atoms with Crippen molar-refractivity contribution in [3.63, 3.8) is 0 Å². The lowest BCUT2D eigenvalue weighted by Gasteiger charge is -2.09. The van der Waals surface area contributed by atoms with E-state index in [0.717, 1.165) is 27.2 Å². The minimum atomic E-state index is -1.00. The van der Waals surface area contributed by atoms with E-state index in [1.54, 1.807) is 7.11 Å². The molecule has 106 valence electrons. The topological polar surface area (TPSA) is 85.4 Å². The first-order valence-electron chi connectivity index (χ1n) is 6.08. The number of nitrogens with zero attached hydrogens (tertiary/aromatic N) is 1. The van der Waals surface area contributed by atoms with Crippen molar-refractivity contribution in [2.75, 3.05) is 12.9 Å². The second-order valence-corrected chi connectivity index (χ2v) is 5.46. The van der Waals surface area contributed by atoms with Gasteiger partial charge in [-0.05, 0) is 36.8 Å². The highest BCUT2D eigenvalue weighted by Crippen LogP contribution is 2.26. The summed E-state index contributed by atoms with van der Waals surface area (Å²) in [5.74, 6) is 0.0825. The molecule has 1 aromatic carbocycles. The number of pyridine rings is 1. The van der Waals surface area contributed by atoms with Crippen molar-refractivity contribution in [2.24, 2.45) is 5.73 Å². The Morgan fingerprint density at radius 2 is 2.25 bits per heavy atom. The third-order valence-corrected chi connectivity index (χ3v) is 3.96. The molecule has 1 atom stereocenters. The van der Waals surface area contributed by atoms with Crippen molar-refractivity contribution < 1.29 is 14.6 Å². The summed E-state index contributed by atoms with van der Waals surface area (Å²) in [6.45, 7) is 1.99. The summed E-state index contributed by atoms with van der Waals surface area (Å²) in [6.07, 6.45) is 0. The molecule has 6 heteroatoms. The molecule has 0 saturated carbocycles. The van der Waals surface area contributed by atoms with E-state index in [0.29, 0.717) is 5.75 Å². The number of hydrogen-bond donors (Lipinski definition) is 2. The van der Waals surface area contributed by atoms with Crippen molar-refractivity contribution in [1.29, 1.82) is 0 Å². The van der Waals surface area contributed by atoms with Gasteiger partial charge in [-0.1, -0.05) is 0 Å². The highest BCUT2D eigenvalue weighted by Gasteiger charge is 2.13. The summed E-state index contributed by atoms with van der Waals surface area (Å²) < 4.78 is 5.20. The standard InChI is InChI=1S/C14H16N2O3S/c1-8-5-13(20-7-11(15)14(17)18)16-12-4-3-9(19-2)6-10(8)12/h3-6,11H,7,15H2,1-2H3,(H,17,18)/t11-/m1/s1. The van der Waals surface area contributed by atoms with Crippen LogP contribution in [0.3, 0.4) is 0 Å². The van der Waals surface area contributed by atoms with Crippen molar-refractivity contribution in [1.82, 2.24) is 4.98 Å². The number of methoxy groups -OCH3 is 1. The van der Waals surface area contributed by atoms with E-state index in [4.69, 9.17) is 15.6 Å². The maximum absolute atomic E-state index is 10.7. The number of thioether (sulfide) groups is 1. The Labute approximate surface area is 121 Å². The van der Waals surface area contributed by atoms with Crippen LogP contribution in [0.25, 0.3) is 10.9 Å². The van der Waals surface area contributed by atoms with Crippen LogP contribution >= 0.6 is 11.8 Å². The van der Waals surface area contributed by atoms with Crippen LogP contribution in [0.4, 0.5) is 0 Å². The number of carbonyl (C=O) groups is 1. The van der Waals surface area contributed by atoms with Gasteiger partial charge in [-0.15, -0.1) is 11.8 Å². The van der Waals surface area contributed by atoms with Gasteiger partial charge in [0.05, 0.1) is 17.7 Å². The molecule has 0 unspecified atom stereocenters. The van der Waals surface area contributed by atoms with Crippen LogP contribution in [0.5, 0.6) is 5.75 Å². The van der Waals surface area contributed by atoms with Crippen LogP contribution in [0.1, 0.15) is 5.56 Å². The highest BCUT2D eigenvalue weighted by atomic mass is 32.2. The molecule has 0 aliphatic carbocycles. The molecule has 0 aliphatic rings. The van der Waals surface area contributed by atoms with Gasteiger partial charge in [-0.25, -0.2) is 4.98 Å². The lowest BCUT2D eigenvalue weighted by molar-refractivity contribution is -0.137. The second-order valence-electron chi connectivity index (χ2n) is 4.42. The quantitative estimate of drug-likeness (QED) is 0.820. The number of ether oxygens (including phenoxy) is 1. The first kappa shape index (κ1) is 14.6. The summed E-state index contributed by atoms with van der Waals surface area (Å²) in [7, 11) is 1.63. The summed E-state index contributed by atoms with van der Waals surface area (Å²) in [5, 5.41) is 10.6. The Bertz CT molecular complexity index is 646. The molecule has 5 nitrogen and oxygen atoms in total. The fraction of sp³-hybridized carbons (Fsp3) is 0.286. The molecule has 0 aliphatic heterocycles. The Kier molecular flexibility index (Phi) is 4.46. The predicted octanol–water partition coefficient (Wildman–Crippen LogP) is 2.06. The monoisotopic (exact) mass is 292 g/mol. The Balaban J connectivity index is 2.26. The average Bonchev–Trinajstić information content (AvgIpc) is 2.44. The summed E-state index contributed by atoms with van der Waals surface area (Å²) in [5.41, 5.74) is 7.42. The number of aryl methyl sites for hydroxylation is 1. The third-order valence-electron chi connectivity index (χ3n) is 2.93. The van der Waals surface area contributed by atoms with Crippen molar-refractivity contribution in [3.05, 3.63) is 29.8 Å². The molecular formula is C14H16N2O3S. The SMILES string of the molecule is COc1ccc2nc(SC[C@@H](N)C(=O)O)cc(C)c2c1. The van der Waals surface area contributed by atoms with Crippen LogP contribution in [-0.4, -0.2) is 35.0 Å². The maximum Gasteiger partial charge on any atom is 0.321 e. The van der Waals surface area contributed by atoms with E-state index in [-0.39, 0.29) is 0 Å². The Morgan fingerprint density at radius 3 is 2.90 bits per heavy atom. The maximum atomic E-state index is 10.7. The number of fused-ring (bicyclic) bond motifs is 1. The predicted molar refractivity (Wildman–Crippen MR) is 79.4 cm³/mol. The minimum absolute atomic E-state index is 0.295. The molecule has 0 spiro atoms. The number of benzene rings is 1. The second kappa shape index (κ2) is 6.11. The van der Waals surface area contributed by atoms with E-state index in [1.165, 1.54) is 11.8 Å². The molecule has 2 aromatic rings. The molecule has 0 radical (unpaired) electrons. The molecule has 0 amide bonds. The molecule has 2 rings (SSSR count). The number of nitrogens with two attached hydrogens (primary N) is 1. The zero-order chi connectivity index (χ0) is 14.7. The molecule has 0 bridgehead atoms. The molecule has 20 heavy (non-hydrogen) atoms. The fourth-order valence-electron chi connectivity index (χ4n) is 1.79. The number of carboxylic acids is 1. The number of aromatic nitrogens is 1. The molecular weight excluding hydrogens is 276 g/mol. The first-order chi connectivity index (χ1) is 9.51. The number of aliphatic carboxylic acids is 1. The van der Waals surface area contributed by atoms with Gasteiger partial charge in [-0.2, -0.15) is 0 Å². The molecule has 0 fully saturated rings. The minimum Gasteiger partial charge on any atom is -0.497 e. The van der Waals surface area contributed by atoms with Crippen LogP contribution in [-0.2, 0) is 4.79 Å². The number of hydrogen-bond acceptors (Lipinski definition) is 5. The van der Waals surface area contributed by atoms with Gasteiger partial charge in [0.25, 0.3) is 0 Å². The zero-order valence-corrected chi connectivity index (χ0v) is 12.1. The summed E-state index contributed by atoms with van der Waals surface area (Å²) in [6, 6.07) is 6.73. The van der Waals surface area contributed by atoms with Crippen LogP contribution in [0.2, 0.25) is 0 Å². The van der Waals surface area contributed by atoms with Crippen LogP contribution < -0.4 is 10.5 Å². The third kappa shape index (κ3) is 3.20. The zero-order valence-electron chi connectivity index (χ0n) is 11.3. The van der Waals surface area contributed by atoms with Gasteiger partial charge in [0, 0.05) is 11.1 Å². The van der Waals surface area contributed by atoms with E-state index in [9.17, 15) is 4.79 Å². The van der Waals surface area contributed by atoms with Gasteiger partial charge in [0.15, 0.2) is 0 Å². The van der Waals surface area contributed by atoms with Gasteiger partial charge in [0.1, 0.15) is 11.8 Å².